The average molecular weight is 373 g/mol. The summed E-state index contributed by atoms with van der Waals surface area (Å²) in [5.74, 6) is -0.767. The molecule has 3 rings (SSSR count). The molecule has 0 bridgehead atoms. The summed E-state index contributed by atoms with van der Waals surface area (Å²) in [6, 6.07) is 2.12. The zero-order chi connectivity index (χ0) is 19.4. The van der Waals surface area contributed by atoms with Crippen molar-refractivity contribution < 1.29 is 24.8 Å². The summed E-state index contributed by atoms with van der Waals surface area (Å²) in [6.45, 7) is -0.0551. The molecule has 0 saturated carbocycles. The number of methoxy groups -OCH3 is 1. The zero-order valence-electron chi connectivity index (χ0n) is 14.3. The molecule has 27 heavy (non-hydrogen) atoms. The van der Waals surface area contributed by atoms with Crippen LogP contribution < -0.4 is 10.2 Å². The minimum Gasteiger partial charge on any atom is -0.504 e. The minimum atomic E-state index is -0.441. The SMILES string of the molecule is COc1cc([N+](=O)O)cc(/C=N/NC(=O)CN2N=NC3C=CC=CC32)c1O. The number of nitrogens with zero attached hydrogens (tertiary/aromatic N) is 5. The molecule has 3 N–H and O–H groups in total. The van der Waals surface area contributed by atoms with Gasteiger partial charge in [-0.25, -0.2) is 10.6 Å². The normalized spacial score (nSPS) is 20.1. The second-order valence-corrected chi connectivity index (χ2v) is 5.71. The quantitative estimate of drug-likeness (QED) is 0.506. The van der Waals surface area contributed by atoms with E-state index in [9.17, 15) is 14.8 Å². The predicted octanol–water partition coefficient (Wildman–Crippen LogP) is 1.20. The lowest BCUT2D eigenvalue weighted by atomic mass is 10.0. The molecule has 1 heterocycles. The fourth-order valence-electron chi connectivity index (χ4n) is 2.62. The summed E-state index contributed by atoms with van der Waals surface area (Å²) in [5, 5.41) is 32.4. The summed E-state index contributed by atoms with van der Waals surface area (Å²) in [5.41, 5.74) is 2.21. The van der Waals surface area contributed by atoms with E-state index in [0.29, 0.717) is 0 Å². The first-order chi connectivity index (χ1) is 13.0. The van der Waals surface area contributed by atoms with Gasteiger partial charge in [-0.05, 0) is 0 Å². The Labute approximate surface area is 153 Å². The van der Waals surface area contributed by atoms with Crippen LogP contribution in [0.1, 0.15) is 5.56 Å². The number of fused-ring (bicyclic) bond motifs is 1. The number of carbonyl (C=O) groups excluding carboxylic acids is 1. The molecular weight excluding hydrogens is 356 g/mol. The smallest absolute Gasteiger partial charge is 0.321 e. The number of phenolic OH excluding ortho intramolecular Hbond substituents is 1. The molecule has 2 atom stereocenters. The van der Waals surface area contributed by atoms with E-state index in [1.807, 2.05) is 24.3 Å². The molecule has 1 amide bonds. The number of nitrogens with one attached hydrogen (secondary N) is 1. The Balaban J connectivity index is 1.64. The van der Waals surface area contributed by atoms with Crippen molar-refractivity contribution in [3.8, 4) is 11.5 Å². The van der Waals surface area contributed by atoms with Gasteiger partial charge in [0.2, 0.25) is 0 Å². The van der Waals surface area contributed by atoms with Crippen LogP contribution in [0.15, 0.2) is 51.9 Å². The van der Waals surface area contributed by atoms with Crippen molar-refractivity contribution in [3.63, 3.8) is 0 Å². The summed E-state index contributed by atoms with van der Waals surface area (Å²) in [7, 11) is 1.29. The second-order valence-electron chi connectivity index (χ2n) is 5.71. The molecule has 1 aliphatic heterocycles. The molecule has 0 aromatic heterocycles. The molecule has 1 aromatic rings. The topological polar surface area (TPSA) is 139 Å². The standard InChI is InChI=1S/C16H16N6O5/c1-27-14-7-11(22(25)26)6-10(16(14)24)8-17-19-15(23)9-21-13-5-3-2-4-12(13)18-20-21/h2-8,12-13H,9H2,1H3,(H2-,17,18,19,20,23,24,25,26)/p+1. The molecule has 0 fully saturated rings. The maximum absolute atomic E-state index is 12.1. The first-order valence-electron chi connectivity index (χ1n) is 7.91. The van der Waals surface area contributed by atoms with Crippen LogP contribution in [-0.2, 0) is 4.79 Å². The van der Waals surface area contributed by atoms with Gasteiger partial charge < -0.3 is 9.84 Å². The number of rotatable bonds is 6. The van der Waals surface area contributed by atoms with Crippen molar-refractivity contribution in [2.24, 2.45) is 15.4 Å². The van der Waals surface area contributed by atoms with Gasteiger partial charge in [0.1, 0.15) is 12.6 Å². The van der Waals surface area contributed by atoms with E-state index in [4.69, 9.17) is 9.94 Å². The number of amides is 1. The fourth-order valence-corrected chi connectivity index (χ4v) is 2.62. The van der Waals surface area contributed by atoms with Crippen LogP contribution in [0.4, 0.5) is 5.69 Å². The van der Waals surface area contributed by atoms with Gasteiger partial charge in [0, 0.05) is 11.6 Å². The summed E-state index contributed by atoms with van der Waals surface area (Å²) in [4.78, 5) is 22.7. The number of hydrogen-bond acceptors (Lipinski definition) is 8. The molecule has 1 aromatic carbocycles. The number of benzene rings is 1. The molecule has 2 unspecified atom stereocenters. The van der Waals surface area contributed by atoms with Crippen LogP contribution in [0.5, 0.6) is 11.5 Å². The first kappa shape index (κ1) is 18.0. The monoisotopic (exact) mass is 373 g/mol. The molecular formula is C16H17N6O5+. The molecule has 0 spiro atoms. The van der Waals surface area contributed by atoms with Crippen molar-refractivity contribution in [1.82, 2.24) is 10.4 Å². The third kappa shape index (κ3) is 3.92. The van der Waals surface area contributed by atoms with Crippen molar-refractivity contribution in [3.05, 3.63) is 46.9 Å². The number of hydrogen-bond donors (Lipinski definition) is 3. The molecule has 140 valence electrons. The molecule has 11 nitrogen and oxygen atoms in total. The number of aromatic hydroxyl groups is 1. The van der Waals surface area contributed by atoms with Gasteiger partial charge in [0.15, 0.2) is 11.5 Å². The van der Waals surface area contributed by atoms with Crippen LogP contribution in [0.3, 0.4) is 0 Å². The number of carbonyl (C=O) groups is 1. The van der Waals surface area contributed by atoms with Crippen molar-refractivity contribution in [2.45, 2.75) is 12.1 Å². The number of ether oxygens (including phenoxy) is 1. The highest BCUT2D eigenvalue weighted by atomic mass is 16.6. The summed E-state index contributed by atoms with van der Waals surface area (Å²) >= 11 is 0. The van der Waals surface area contributed by atoms with E-state index in [2.05, 4.69) is 20.9 Å². The average Bonchev–Trinajstić information content (AvgIpc) is 3.06. The van der Waals surface area contributed by atoms with E-state index in [1.165, 1.54) is 18.2 Å². The van der Waals surface area contributed by atoms with Crippen molar-refractivity contribution >= 4 is 17.8 Å². The second kappa shape index (κ2) is 7.64. The number of allylic oxidation sites excluding steroid dienone is 2. The van der Waals surface area contributed by atoms with Crippen LogP contribution in [0, 0.1) is 4.91 Å². The van der Waals surface area contributed by atoms with E-state index in [1.54, 1.807) is 0 Å². The molecule has 11 heteroatoms. The Morgan fingerprint density at radius 2 is 2.22 bits per heavy atom. The Morgan fingerprint density at radius 3 is 2.96 bits per heavy atom. The van der Waals surface area contributed by atoms with Gasteiger partial charge in [0.25, 0.3) is 10.8 Å². The van der Waals surface area contributed by atoms with Gasteiger partial charge in [0.05, 0.1) is 30.3 Å². The highest BCUT2D eigenvalue weighted by Crippen LogP contribution is 2.33. The third-order valence-electron chi connectivity index (χ3n) is 3.95. The van der Waals surface area contributed by atoms with E-state index >= 15 is 0 Å². The fraction of sp³-hybridized carbons (Fsp3) is 0.250. The molecule has 0 saturated heterocycles. The predicted molar refractivity (Wildman–Crippen MR) is 92.9 cm³/mol. The lowest BCUT2D eigenvalue weighted by Gasteiger charge is -2.21. The molecule has 1 aliphatic carbocycles. The summed E-state index contributed by atoms with van der Waals surface area (Å²) in [6.07, 6.45) is 8.66. The number of phenols is 1. The third-order valence-corrected chi connectivity index (χ3v) is 3.95. The van der Waals surface area contributed by atoms with Gasteiger partial charge in [-0.1, -0.05) is 29.5 Å². The van der Waals surface area contributed by atoms with Gasteiger partial charge in [-0.3, -0.25) is 9.80 Å². The first-order valence-corrected chi connectivity index (χ1v) is 7.91. The van der Waals surface area contributed by atoms with Crippen LogP contribution in [0.2, 0.25) is 0 Å². The summed E-state index contributed by atoms with van der Waals surface area (Å²) < 4.78 is 4.93. The largest absolute Gasteiger partial charge is 0.504 e. The van der Waals surface area contributed by atoms with Gasteiger partial charge in [-0.2, -0.15) is 10.2 Å². The Kier molecular flexibility index (Phi) is 5.11. The molecule has 0 radical (unpaired) electrons. The lowest BCUT2D eigenvalue weighted by Crippen LogP contribution is -2.39. The van der Waals surface area contributed by atoms with Crippen LogP contribution in [0.25, 0.3) is 0 Å². The Bertz CT molecular complexity index is 878. The lowest BCUT2D eigenvalue weighted by molar-refractivity contribution is -0.729. The van der Waals surface area contributed by atoms with Crippen molar-refractivity contribution in [2.75, 3.05) is 13.7 Å². The van der Waals surface area contributed by atoms with E-state index in [0.717, 1.165) is 12.3 Å². The van der Waals surface area contributed by atoms with Gasteiger partial charge in [-0.15, -0.1) is 0 Å². The highest BCUT2D eigenvalue weighted by molar-refractivity contribution is 5.87. The van der Waals surface area contributed by atoms with Crippen LogP contribution in [-0.4, -0.2) is 58.1 Å². The maximum atomic E-state index is 12.1. The number of hydrazone groups is 1. The van der Waals surface area contributed by atoms with Crippen LogP contribution >= 0.6 is 0 Å². The minimum absolute atomic E-state index is 0.0316. The Hall–Kier alpha value is -3.76. The maximum Gasteiger partial charge on any atom is 0.321 e. The molecule has 2 aliphatic rings. The van der Waals surface area contributed by atoms with E-state index in [-0.39, 0.29) is 46.3 Å². The zero-order valence-corrected chi connectivity index (χ0v) is 14.3. The highest BCUT2D eigenvalue weighted by Gasteiger charge is 2.31. The van der Waals surface area contributed by atoms with Gasteiger partial charge >= 0.3 is 5.69 Å². The Morgan fingerprint density at radius 1 is 1.44 bits per heavy atom. The van der Waals surface area contributed by atoms with E-state index < -0.39 is 5.91 Å². The van der Waals surface area contributed by atoms with Crippen molar-refractivity contribution in [1.29, 1.82) is 0 Å².